The second-order valence-corrected chi connectivity index (χ2v) is 4.97. The number of fused-ring (bicyclic) bond motifs is 1. The Morgan fingerprint density at radius 2 is 2.00 bits per heavy atom. The minimum absolute atomic E-state index is 0.0872. The van der Waals surface area contributed by atoms with E-state index in [4.69, 9.17) is 19.7 Å². The minimum Gasteiger partial charge on any atom is -0.469 e. The van der Waals surface area contributed by atoms with Gasteiger partial charge in [-0.05, 0) is 19.4 Å². The van der Waals surface area contributed by atoms with E-state index in [-0.39, 0.29) is 31.1 Å². The van der Waals surface area contributed by atoms with Crippen LogP contribution in [-0.2, 0) is 23.7 Å². The first-order chi connectivity index (χ1) is 8.96. The van der Waals surface area contributed by atoms with Crippen LogP contribution in [0.5, 0.6) is 0 Å². The van der Waals surface area contributed by atoms with Gasteiger partial charge < -0.3 is 18.9 Å². The third-order valence-electron chi connectivity index (χ3n) is 3.17. The number of hydrogen-bond donors (Lipinski definition) is 0. The van der Waals surface area contributed by atoms with Crippen molar-refractivity contribution in [2.75, 3.05) is 13.7 Å². The quantitative estimate of drug-likeness (QED) is 0.330. The molecule has 2 saturated heterocycles. The predicted octanol–water partition coefficient (Wildman–Crippen LogP) is 1.15. The molecule has 0 aromatic rings. The lowest BCUT2D eigenvalue weighted by Crippen LogP contribution is -2.31. The summed E-state index contributed by atoms with van der Waals surface area (Å²) in [7, 11) is 1.32. The third-order valence-corrected chi connectivity index (χ3v) is 3.17. The Hall–Kier alpha value is -1.34. The van der Waals surface area contributed by atoms with Crippen molar-refractivity contribution >= 4 is 5.97 Å². The van der Waals surface area contributed by atoms with Crippen LogP contribution in [0.15, 0.2) is 5.11 Å². The zero-order chi connectivity index (χ0) is 14.0. The molecule has 0 aromatic carbocycles. The summed E-state index contributed by atoms with van der Waals surface area (Å²) < 4.78 is 21.8. The molecule has 0 amide bonds. The zero-order valence-corrected chi connectivity index (χ0v) is 11.1. The second-order valence-electron chi connectivity index (χ2n) is 4.97. The lowest BCUT2D eigenvalue weighted by molar-refractivity contribution is -0.188. The van der Waals surface area contributed by atoms with Gasteiger partial charge in [-0.1, -0.05) is 5.11 Å². The molecule has 8 nitrogen and oxygen atoms in total. The van der Waals surface area contributed by atoms with E-state index in [1.165, 1.54) is 7.11 Å². The topological polar surface area (TPSA) is 103 Å². The molecule has 2 rings (SSSR count). The van der Waals surface area contributed by atoms with Gasteiger partial charge in [0.25, 0.3) is 0 Å². The Morgan fingerprint density at radius 1 is 1.37 bits per heavy atom. The number of methoxy groups -OCH3 is 1. The molecule has 106 valence electrons. The lowest BCUT2D eigenvalue weighted by atomic mass is 10.1. The summed E-state index contributed by atoms with van der Waals surface area (Å²) in [6, 6.07) is 0. The number of carbonyl (C=O) groups is 1. The average molecular weight is 271 g/mol. The van der Waals surface area contributed by atoms with Crippen LogP contribution in [0.3, 0.4) is 0 Å². The Kier molecular flexibility index (Phi) is 3.96. The predicted molar refractivity (Wildman–Crippen MR) is 63.1 cm³/mol. The average Bonchev–Trinajstić information content (AvgIpc) is 2.82. The number of esters is 1. The first-order valence-electron chi connectivity index (χ1n) is 6.05. The molecule has 2 aliphatic heterocycles. The fourth-order valence-electron chi connectivity index (χ4n) is 2.45. The number of rotatable bonds is 4. The maximum Gasteiger partial charge on any atom is 0.308 e. The molecule has 8 heteroatoms. The SMILES string of the molecule is COC(=O)C[C@@H]1O[C@H](CN=[N+]=[N-])[C@H]2OC(C)(C)O[C@H]21. The molecule has 0 unspecified atom stereocenters. The summed E-state index contributed by atoms with van der Waals surface area (Å²) in [6.07, 6.45) is -1.46. The molecule has 2 aliphatic rings. The highest BCUT2D eigenvalue weighted by molar-refractivity contribution is 5.70. The van der Waals surface area contributed by atoms with E-state index >= 15 is 0 Å². The van der Waals surface area contributed by atoms with Gasteiger partial charge in [0, 0.05) is 4.91 Å². The monoisotopic (exact) mass is 271 g/mol. The van der Waals surface area contributed by atoms with Gasteiger partial charge >= 0.3 is 5.97 Å². The lowest BCUT2D eigenvalue weighted by Gasteiger charge is -2.23. The molecule has 0 radical (unpaired) electrons. The van der Waals surface area contributed by atoms with Crippen LogP contribution in [0, 0.1) is 0 Å². The van der Waals surface area contributed by atoms with E-state index in [0.717, 1.165) is 0 Å². The van der Waals surface area contributed by atoms with Gasteiger partial charge in [-0.15, -0.1) is 0 Å². The van der Waals surface area contributed by atoms with Crippen molar-refractivity contribution in [1.29, 1.82) is 0 Å². The number of ether oxygens (including phenoxy) is 4. The molecule has 0 aliphatic carbocycles. The van der Waals surface area contributed by atoms with Gasteiger partial charge in [-0.25, -0.2) is 0 Å². The van der Waals surface area contributed by atoms with Gasteiger partial charge in [0.2, 0.25) is 0 Å². The highest BCUT2D eigenvalue weighted by Crippen LogP contribution is 2.39. The fraction of sp³-hybridized carbons (Fsp3) is 0.909. The molecule has 0 aromatic heterocycles. The molecule has 19 heavy (non-hydrogen) atoms. The number of nitrogens with zero attached hydrogens (tertiary/aromatic N) is 3. The van der Waals surface area contributed by atoms with Gasteiger partial charge in [-0.3, -0.25) is 4.79 Å². The van der Waals surface area contributed by atoms with Crippen molar-refractivity contribution in [1.82, 2.24) is 0 Å². The van der Waals surface area contributed by atoms with Gasteiger partial charge in [0.15, 0.2) is 5.79 Å². The van der Waals surface area contributed by atoms with E-state index in [0.29, 0.717) is 0 Å². The maximum absolute atomic E-state index is 11.4. The molecular formula is C11H17N3O5. The van der Waals surface area contributed by atoms with E-state index in [2.05, 4.69) is 14.8 Å². The largest absolute Gasteiger partial charge is 0.469 e. The highest BCUT2D eigenvalue weighted by atomic mass is 16.8. The highest BCUT2D eigenvalue weighted by Gasteiger charge is 2.55. The summed E-state index contributed by atoms with van der Waals surface area (Å²) in [5.41, 5.74) is 8.38. The third kappa shape index (κ3) is 2.98. The number of carbonyl (C=O) groups excluding carboxylic acids is 1. The maximum atomic E-state index is 11.4. The van der Waals surface area contributed by atoms with Crippen LogP contribution < -0.4 is 0 Å². The standard InChI is InChI=1S/C11H17N3O5/c1-11(2)18-9-6(4-8(15)16-3)17-7(5-13-14-12)10(9)19-11/h6-7,9-10H,4-5H2,1-3H3/t6-,7+,9-,10+/m0/s1. The molecule has 2 heterocycles. The van der Waals surface area contributed by atoms with Gasteiger partial charge in [0.05, 0.1) is 32.3 Å². The first kappa shape index (κ1) is 14.1. The Balaban J connectivity index is 2.10. The normalized spacial score (nSPS) is 35.5. The van der Waals surface area contributed by atoms with Crippen molar-refractivity contribution in [3.63, 3.8) is 0 Å². The Morgan fingerprint density at radius 3 is 2.58 bits per heavy atom. The summed E-state index contributed by atoms with van der Waals surface area (Å²) in [5, 5.41) is 3.50. The van der Waals surface area contributed by atoms with Gasteiger partial charge in [-0.2, -0.15) is 0 Å². The van der Waals surface area contributed by atoms with Crippen LogP contribution in [0.2, 0.25) is 0 Å². The molecule has 0 spiro atoms. The van der Waals surface area contributed by atoms with Crippen molar-refractivity contribution < 1.29 is 23.7 Å². The van der Waals surface area contributed by atoms with Crippen molar-refractivity contribution in [3.8, 4) is 0 Å². The Labute approximate surface area is 110 Å². The van der Waals surface area contributed by atoms with Crippen molar-refractivity contribution in [2.24, 2.45) is 5.11 Å². The number of azide groups is 1. The molecule has 0 N–H and O–H groups in total. The van der Waals surface area contributed by atoms with E-state index < -0.39 is 18.0 Å². The first-order valence-corrected chi connectivity index (χ1v) is 6.05. The number of hydrogen-bond acceptors (Lipinski definition) is 6. The molecule has 0 bridgehead atoms. The van der Waals surface area contributed by atoms with E-state index in [1.54, 1.807) is 13.8 Å². The van der Waals surface area contributed by atoms with Gasteiger partial charge in [0.1, 0.15) is 12.2 Å². The Bertz CT molecular complexity index is 407. The van der Waals surface area contributed by atoms with E-state index in [9.17, 15) is 4.79 Å². The minimum atomic E-state index is -0.734. The molecular weight excluding hydrogens is 254 g/mol. The molecule has 0 saturated carbocycles. The van der Waals surface area contributed by atoms with Crippen molar-refractivity contribution in [3.05, 3.63) is 10.4 Å². The summed E-state index contributed by atoms with van der Waals surface area (Å²) in [5.74, 6) is -1.11. The molecule has 4 atom stereocenters. The van der Waals surface area contributed by atoms with E-state index in [1.807, 2.05) is 0 Å². The van der Waals surface area contributed by atoms with Crippen LogP contribution in [0.4, 0.5) is 0 Å². The van der Waals surface area contributed by atoms with Crippen molar-refractivity contribution in [2.45, 2.75) is 50.5 Å². The molecule has 2 fully saturated rings. The van der Waals surface area contributed by atoms with Crippen LogP contribution in [-0.4, -0.2) is 49.8 Å². The summed E-state index contributed by atoms with van der Waals surface area (Å²) in [4.78, 5) is 14.1. The summed E-state index contributed by atoms with van der Waals surface area (Å²) in [6.45, 7) is 3.74. The fourth-order valence-corrected chi connectivity index (χ4v) is 2.45. The van der Waals surface area contributed by atoms with Crippen LogP contribution >= 0.6 is 0 Å². The zero-order valence-electron chi connectivity index (χ0n) is 11.1. The summed E-state index contributed by atoms with van der Waals surface area (Å²) >= 11 is 0. The smallest absolute Gasteiger partial charge is 0.308 e. The van der Waals surface area contributed by atoms with Crippen LogP contribution in [0.1, 0.15) is 20.3 Å². The second kappa shape index (κ2) is 5.34. The van der Waals surface area contributed by atoms with Crippen LogP contribution in [0.25, 0.3) is 10.4 Å².